The Hall–Kier alpha value is -3.28. The van der Waals surface area contributed by atoms with Crippen LogP contribution in [0.1, 0.15) is 40.5 Å². The monoisotopic (exact) mass is 374 g/mol. The molecule has 0 unspecified atom stereocenters. The fourth-order valence-corrected chi connectivity index (χ4v) is 3.84. The zero-order chi connectivity index (χ0) is 19.5. The molecule has 2 N–H and O–H groups in total. The molecule has 3 aromatic rings. The highest BCUT2D eigenvalue weighted by molar-refractivity contribution is 5.97. The van der Waals surface area contributed by atoms with Gasteiger partial charge in [-0.3, -0.25) is 19.6 Å². The van der Waals surface area contributed by atoms with Crippen molar-refractivity contribution in [1.29, 1.82) is 0 Å². The predicted molar refractivity (Wildman–Crippen MR) is 107 cm³/mol. The molecule has 0 saturated carbocycles. The summed E-state index contributed by atoms with van der Waals surface area (Å²) in [6.07, 6.45) is 3.71. The summed E-state index contributed by atoms with van der Waals surface area (Å²) in [4.78, 5) is 35.6. The number of hydrogen-bond acceptors (Lipinski definition) is 4. The summed E-state index contributed by atoms with van der Waals surface area (Å²) in [5.41, 5.74) is 8.38. The summed E-state index contributed by atoms with van der Waals surface area (Å²) in [7, 11) is 0. The van der Waals surface area contributed by atoms with Crippen LogP contribution in [0.4, 0.5) is 0 Å². The molecule has 1 saturated heterocycles. The quantitative estimate of drug-likeness (QED) is 0.760. The lowest BCUT2D eigenvalue weighted by atomic mass is 9.90. The van der Waals surface area contributed by atoms with Gasteiger partial charge in [0.2, 0.25) is 5.91 Å². The molecule has 6 nitrogen and oxygen atoms in total. The third-order valence-electron chi connectivity index (χ3n) is 5.24. The van der Waals surface area contributed by atoms with Crippen LogP contribution >= 0.6 is 0 Å². The third kappa shape index (κ3) is 3.71. The molecule has 28 heavy (non-hydrogen) atoms. The molecule has 1 fully saturated rings. The van der Waals surface area contributed by atoms with Gasteiger partial charge in [0.1, 0.15) is 0 Å². The van der Waals surface area contributed by atoms with Crippen molar-refractivity contribution < 1.29 is 9.59 Å². The van der Waals surface area contributed by atoms with E-state index in [1.165, 1.54) is 0 Å². The molecule has 1 aliphatic rings. The normalized spacial score (nSPS) is 16.9. The topological polar surface area (TPSA) is 89.2 Å². The molecule has 0 bridgehead atoms. The van der Waals surface area contributed by atoms with E-state index in [1.807, 2.05) is 53.4 Å². The Morgan fingerprint density at radius 2 is 1.96 bits per heavy atom. The first-order valence-electron chi connectivity index (χ1n) is 9.49. The predicted octanol–water partition coefficient (Wildman–Crippen LogP) is 2.68. The Morgan fingerprint density at radius 1 is 1.14 bits per heavy atom. The largest absolute Gasteiger partial charge is 0.366 e. The fourth-order valence-electron chi connectivity index (χ4n) is 3.84. The molecule has 6 heteroatoms. The van der Waals surface area contributed by atoms with E-state index in [0.29, 0.717) is 24.3 Å². The summed E-state index contributed by atoms with van der Waals surface area (Å²) in [6.45, 7) is 1.25. The Bertz CT molecular complexity index is 1020. The number of carbonyl (C=O) groups excluding carboxylic acids is 2. The molecule has 142 valence electrons. The molecule has 0 aliphatic carbocycles. The second-order valence-corrected chi connectivity index (χ2v) is 7.15. The number of rotatable bonds is 4. The number of pyridine rings is 2. The SMILES string of the molecule is NC(=O)c1cc2ccccc2nc1[C@H]1CCCN(C(=O)Cc2ccccn2)C1. The van der Waals surface area contributed by atoms with Crippen LogP contribution in [0, 0.1) is 0 Å². The average molecular weight is 374 g/mol. The van der Waals surface area contributed by atoms with Gasteiger partial charge in [0.25, 0.3) is 5.91 Å². The lowest BCUT2D eigenvalue weighted by Crippen LogP contribution is -2.40. The van der Waals surface area contributed by atoms with E-state index in [1.54, 1.807) is 6.20 Å². The zero-order valence-corrected chi connectivity index (χ0v) is 15.5. The number of hydrogen-bond donors (Lipinski definition) is 1. The first kappa shape index (κ1) is 18.1. The van der Waals surface area contributed by atoms with Crippen LogP contribution in [0.2, 0.25) is 0 Å². The van der Waals surface area contributed by atoms with Crippen molar-refractivity contribution in [3.8, 4) is 0 Å². The van der Waals surface area contributed by atoms with Gasteiger partial charge >= 0.3 is 0 Å². The highest BCUT2D eigenvalue weighted by atomic mass is 16.2. The number of nitrogens with two attached hydrogens (primary N) is 1. The molecule has 2 aromatic heterocycles. The van der Waals surface area contributed by atoms with Crippen molar-refractivity contribution in [2.75, 3.05) is 13.1 Å². The van der Waals surface area contributed by atoms with Crippen molar-refractivity contribution in [1.82, 2.24) is 14.9 Å². The molecular formula is C22H22N4O2. The number of piperidine rings is 1. The Morgan fingerprint density at radius 3 is 2.75 bits per heavy atom. The van der Waals surface area contributed by atoms with E-state index in [0.717, 1.165) is 29.4 Å². The van der Waals surface area contributed by atoms with Gasteiger partial charge in [0.15, 0.2) is 0 Å². The molecule has 0 radical (unpaired) electrons. The summed E-state index contributed by atoms with van der Waals surface area (Å²) in [6, 6.07) is 15.1. The third-order valence-corrected chi connectivity index (χ3v) is 5.24. The number of benzene rings is 1. The zero-order valence-electron chi connectivity index (χ0n) is 15.5. The number of para-hydroxylation sites is 1. The Balaban J connectivity index is 1.60. The summed E-state index contributed by atoms with van der Waals surface area (Å²) < 4.78 is 0. The van der Waals surface area contributed by atoms with Gasteiger partial charge in [0, 0.05) is 36.3 Å². The minimum atomic E-state index is -0.481. The lowest BCUT2D eigenvalue weighted by molar-refractivity contribution is -0.131. The number of amides is 2. The second kappa shape index (κ2) is 7.76. The maximum absolute atomic E-state index is 12.7. The number of nitrogens with zero attached hydrogens (tertiary/aromatic N) is 3. The highest BCUT2D eigenvalue weighted by Crippen LogP contribution is 2.30. The first-order valence-corrected chi connectivity index (χ1v) is 9.49. The minimum Gasteiger partial charge on any atom is -0.366 e. The van der Waals surface area contributed by atoms with Gasteiger partial charge in [-0.25, -0.2) is 0 Å². The fraction of sp³-hybridized carbons (Fsp3) is 0.273. The van der Waals surface area contributed by atoms with Crippen LogP contribution in [-0.4, -0.2) is 39.8 Å². The smallest absolute Gasteiger partial charge is 0.250 e. The molecule has 2 amide bonds. The maximum atomic E-state index is 12.7. The van der Waals surface area contributed by atoms with Gasteiger partial charge < -0.3 is 10.6 Å². The van der Waals surface area contributed by atoms with Crippen LogP contribution in [0.15, 0.2) is 54.7 Å². The van der Waals surface area contributed by atoms with Crippen molar-refractivity contribution >= 4 is 22.7 Å². The van der Waals surface area contributed by atoms with E-state index < -0.39 is 5.91 Å². The summed E-state index contributed by atoms with van der Waals surface area (Å²) in [5, 5.41) is 0.888. The van der Waals surface area contributed by atoms with Gasteiger partial charge in [-0.05, 0) is 37.1 Å². The van der Waals surface area contributed by atoms with E-state index in [9.17, 15) is 9.59 Å². The van der Waals surface area contributed by atoms with Crippen molar-refractivity contribution in [2.24, 2.45) is 5.73 Å². The van der Waals surface area contributed by atoms with Crippen LogP contribution < -0.4 is 5.73 Å². The highest BCUT2D eigenvalue weighted by Gasteiger charge is 2.28. The van der Waals surface area contributed by atoms with E-state index in [2.05, 4.69) is 4.98 Å². The number of likely N-dealkylation sites (tertiary alicyclic amines) is 1. The summed E-state index contributed by atoms with van der Waals surface area (Å²) >= 11 is 0. The number of aromatic nitrogens is 2. The van der Waals surface area contributed by atoms with Crippen molar-refractivity contribution in [3.63, 3.8) is 0 Å². The van der Waals surface area contributed by atoms with E-state index >= 15 is 0 Å². The molecule has 1 atom stereocenters. The number of primary amides is 1. The number of carbonyl (C=O) groups is 2. The Kier molecular flexibility index (Phi) is 5.02. The second-order valence-electron chi connectivity index (χ2n) is 7.15. The lowest BCUT2D eigenvalue weighted by Gasteiger charge is -2.33. The molecule has 1 aliphatic heterocycles. The maximum Gasteiger partial charge on any atom is 0.250 e. The molecule has 3 heterocycles. The minimum absolute atomic E-state index is 0.00598. The molecule has 0 spiro atoms. The van der Waals surface area contributed by atoms with Gasteiger partial charge in [0.05, 0.1) is 23.2 Å². The molecule has 4 rings (SSSR count). The molecular weight excluding hydrogens is 352 g/mol. The summed E-state index contributed by atoms with van der Waals surface area (Å²) in [5.74, 6) is -0.441. The molecule has 1 aromatic carbocycles. The van der Waals surface area contributed by atoms with Crippen LogP contribution in [0.5, 0.6) is 0 Å². The van der Waals surface area contributed by atoms with E-state index in [-0.39, 0.29) is 18.2 Å². The van der Waals surface area contributed by atoms with Crippen LogP contribution in [0.3, 0.4) is 0 Å². The Labute approximate surface area is 163 Å². The average Bonchev–Trinajstić information content (AvgIpc) is 2.73. The van der Waals surface area contributed by atoms with Crippen molar-refractivity contribution in [2.45, 2.75) is 25.2 Å². The first-order chi connectivity index (χ1) is 13.6. The van der Waals surface area contributed by atoms with E-state index in [4.69, 9.17) is 10.7 Å². The number of fused-ring (bicyclic) bond motifs is 1. The van der Waals surface area contributed by atoms with Crippen molar-refractivity contribution in [3.05, 3.63) is 71.7 Å². The van der Waals surface area contributed by atoms with Gasteiger partial charge in [-0.1, -0.05) is 24.3 Å². The van der Waals surface area contributed by atoms with Gasteiger partial charge in [-0.2, -0.15) is 0 Å². The van der Waals surface area contributed by atoms with Crippen LogP contribution in [0.25, 0.3) is 10.9 Å². The standard InChI is InChI=1S/C22H22N4O2/c23-22(28)18-12-15-6-1-2-9-19(15)25-21(18)16-7-5-11-26(14-16)20(27)13-17-8-3-4-10-24-17/h1-4,6,8-10,12,16H,5,7,11,13-14H2,(H2,23,28)/t16-/m0/s1. The van der Waals surface area contributed by atoms with Gasteiger partial charge in [-0.15, -0.1) is 0 Å². The van der Waals surface area contributed by atoms with Crippen LogP contribution in [-0.2, 0) is 11.2 Å².